The van der Waals surface area contributed by atoms with Crippen LogP contribution in [0.3, 0.4) is 0 Å². The Morgan fingerprint density at radius 1 is 1.19 bits per heavy atom. The minimum atomic E-state index is -1.14. The van der Waals surface area contributed by atoms with Gasteiger partial charge in [-0.05, 0) is 12.1 Å². The highest BCUT2D eigenvalue weighted by atomic mass is 35.5. The van der Waals surface area contributed by atoms with E-state index in [-0.39, 0.29) is 5.88 Å². The van der Waals surface area contributed by atoms with Crippen LogP contribution >= 0.6 is 11.6 Å². The molecule has 1 aromatic rings. The van der Waals surface area contributed by atoms with Crippen molar-refractivity contribution in [3.05, 3.63) is 23.8 Å². The smallest absolute Gasteiger partial charge is 0.128 e. The number of benzene rings is 1. The Morgan fingerprint density at radius 3 is 2.06 bits per heavy atom. The highest BCUT2D eigenvalue weighted by Crippen LogP contribution is 2.35. The number of alkyl halides is 1. The van der Waals surface area contributed by atoms with Crippen LogP contribution in [-0.4, -0.2) is 36.4 Å². The fourth-order valence-corrected chi connectivity index (χ4v) is 1.62. The van der Waals surface area contributed by atoms with Crippen LogP contribution in [0.15, 0.2) is 18.2 Å². The van der Waals surface area contributed by atoms with E-state index < -0.39 is 12.2 Å². The topological polar surface area (TPSA) is 58.9 Å². The number of aliphatic hydroxyl groups excluding tert-OH is 2. The lowest BCUT2D eigenvalue weighted by molar-refractivity contribution is 0.0296. The number of halogens is 1. The molecular formula is C11H15ClO4. The Labute approximate surface area is 99.4 Å². The van der Waals surface area contributed by atoms with E-state index in [4.69, 9.17) is 21.1 Å². The van der Waals surface area contributed by atoms with Crippen LogP contribution in [0.4, 0.5) is 0 Å². The molecule has 0 saturated heterocycles. The molecule has 2 unspecified atom stereocenters. The Hall–Kier alpha value is -0.970. The lowest BCUT2D eigenvalue weighted by atomic mass is 10.0. The van der Waals surface area contributed by atoms with Crippen LogP contribution < -0.4 is 9.47 Å². The number of hydrogen-bond acceptors (Lipinski definition) is 4. The molecule has 1 aromatic carbocycles. The molecule has 0 fully saturated rings. The number of hydrogen-bond donors (Lipinski definition) is 2. The predicted molar refractivity (Wildman–Crippen MR) is 61.2 cm³/mol. The standard InChI is InChI=1S/C11H15ClO4/c1-15-8-4-3-5-9(16-2)10(8)11(14)7(13)6-12/h3-5,7,11,13-14H,6H2,1-2H3. The van der Waals surface area contributed by atoms with Gasteiger partial charge in [0.1, 0.15) is 17.6 Å². The summed E-state index contributed by atoms with van der Waals surface area (Å²) in [7, 11) is 2.97. The van der Waals surface area contributed by atoms with E-state index in [2.05, 4.69) is 0 Å². The zero-order chi connectivity index (χ0) is 12.1. The Balaban J connectivity index is 3.17. The van der Waals surface area contributed by atoms with Gasteiger partial charge in [0, 0.05) is 0 Å². The Morgan fingerprint density at radius 2 is 1.69 bits per heavy atom. The summed E-state index contributed by atoms with van der Waals surface area (Å²) in [6.45, 7) is 0. The van der Waals surface area contributed by atoms with E-state index in [1.54, 1.807) is 18.2 Å². The van der Waals surface area contributed by atoms with Crippen molar-refractivity contribution in [2.45, 2.75) is 12.2 Å². The highest BCUT2D eigenvalue weighted by Gasteiger charge is 2.24. The van der Waals surface area contributed by atoms with Crippen LogP contribution in [0.25, 0.3) is 0 Å². The molecule has 0 bridgehead atoms. The van der Waals surface area contributed by atoms with Gasteiger partial charge in [-0.15, -0.1) is 11.6 Å². The molecular weight excluding hydrogens is 232 g/mol. The van der Waals surface area contributed by atoms with Crippen LogP contribution in [0.1, 0.15) is 11.7 Å². The van der Waals surface area contributed by atoms with Gasteiger partial charge in [0.25, 0.3) is 0 Å². The summed E-state index contributed by atoms with van der Waals surface area (Å²) < 4.78 is 10.2. The van der Waals surface area contributed by atoms with Gasteiger partial charge in [-0.25, -0.2) is 0 Å². The normalized spacial score (nSPS) is 14.3. The molecule has 2 atom stereocenters. The molecule has 0 aromatic heterocycles. The van der Waals surface area contributed by atoms with Gasteiger partial charge < -0.3 is 19.7 Å². The maximum absolute atomic E-state index is 9.92. The minimum absolute atomic E-state index is 0.0671. The second kappa shape index (κ2) is 5.94. The molecule has 0 aliphatic rings. The molecule has 5 heteroatoms. The first kappa shape index (κ1) is 13.1. The Kier molecular flexibility index (Phi) is 4.86. The van der Waals surface area contributed by atoms with Crippen LogP contribution in [-0.2, 0) is 0 Å². The van der Waals surface area contributed by atoms with E-state index >= 15 is 0 Å². The monoisotopic (exact) mass is 246 g/mol. The van der Waals surface area contributed by atoms with Gasteiger partial charge in [0.2, 0.25) is 0 Å². The summed E-state index contributed by atoms with van der Waals surface area (Å²) in [5.41, 5.74) is 0.403. The molecule has 0 aliphatic carbocycles. The zero-order valence-electron chi connectivity index (χ0n) is 9.18. The number of ether oxygens (including phenoxy) is 2. The first-order chi connectivity index (χ1) is 7.65. The van der Waals surface area contributed by atoms with Crippen molar-refractivity contribution in [1.82, 2.24) is 0 Å². The number of methoxy groups -OCH3 is 2. The van der Waals surface area contributed by atoms with Gasteiger partial charge >= 0.3 is 0 Å². The van der Waals surface area contributed by atoms with E-state index in [1.807, 2.05) is 0 Å². The zero-order valence-corrected chi connectivity index (χ0v) is 9.94. The molecule has 0 amide bonds. The lowest BCUT2D eigenvalue weighted by Gasteiger charge is -2.20. The van der Waals surface area contributed by atoms with Gasteiger partial charge in [-0.1, -0.05) is 6.07 Å². The second-order valence-electron chi connectivity index (χ2n) is 3.24. The summed E-state index contributed by atoms with van der Waals surface area (Å²) in [5, 5.41) is 19.4. The summed E-state index contributed by atoms with van der Waals surface area (Å²) in [6.07, 6.45) is -2.20. The van der Waals surface area contributed by atoms with Crippen LogP contribution in [0.2, 0.25) is 0 Å². The molecule has 90 valence electrons. The maximum Gasteiger partial charge on any atom is 0.128 e. The van der Waals surface area contributed by atoms with Crippen molar-refractivity contribution < 1.29 is 19.7 Å². The molecule has 0 spiro atoms. The summed E-state index contributed by atoms with van der Waals surface area (Å²) in [4.78, 5) is 0. The summed E-state index contributed by atoms with van der Waals surface area (Å²) >= 11 is 5.50. The molecule has 16 heavy (non-hydrogen) atoms. The fraction of sp³-hybridized carbons (Fsp3) is 0.455. The molecule has 0 saturated carbocycles. The van der Waals surface area contributed by atoms with Crippen LogP contribution in [0, 0.1) is 0 Å². The molecule has 0 radical (unpaired) electrons. The highest BCUT2D eigenvalue weighted by molar-refractivity contribution is 6.18. The molecule has 1 rings (SSSR count). The van der Waals surface area contributed by atoms with Crippen molar-refractivity contribution in [1.29, 1.82) is 0 Å². The van der Waals surface area contributed by atoms with Crippen molar-refractivity contribution >= 4 is 11.6 Å². The average molecular weight is 247 g/mol. The van der Waals surface area contributed by atoms with E-state index in [0.29, 0.717) is 17.1 Å². The largest absolute Gasteiger partial charge is 0.496 e. The maximum atomic E-state index is 9.92. The van der Waals surface area contributed by atoms with Gasteiger partial charge in [-0.3, -0.25) is 0 Å². The van der Waals surface area contributed by atoms with E-state index in [9.17, 15) is 10.2 Å². The third-order valence-electron chi connectivity index (χ3n) is 2.28. The average Bonchev–Trinajstić information content (AvgIpc) is 2.35. The first-order valence-electron chi connectivity index (χ1n) is 4.78. The molecule has 0 heterocycles. The lowest BCUT2D eigenvalue weighted by Crippen LogP contribution is -2.20. The van der Waals surface area contributed by atoms with Crippen LogP contribution in [0.5, 0.6) is 11.5 Å². The first-order valence-corrected chi connectivity index (χ1v) is 5.32. The van der Waals surface area contributed by atoms with Gasteiger partial charge in [0.05, 0.1) is 31.8 Å². The van der Waals surface area contributed by atoms with E-state index in [1.165, 1.54) is 14.2 Å². The van der Waals surface area contributed by atoms with Crippen molar-refractivity contribution in [3.8, 4) is 11.5 Å². The van der Waals surface area contributed by atoms with Crippen molar-refractivity contribution in [2.24, 2.45) is 0 Å². The molecule has 4 nitrogen and oxygen atoms in total. The SMILES string of the molecule is COc1cccc(OC)c1C(O)C(O)CCl. The quantitative estimate of drug-likeness (QED) is 0.770. The fourth-order valence-electron chi connectivity index (χ4n) is 1.45. The number of aliphatic hydroxyl groups is 2. The molecule has 0 aliphatic heterocycles. The predicted octanol–water partition coefficient (Wildman–Crippen LogP) is 1.34. The van der Waals surface area contributed by atoms with Gasteiger partial charge in [0.15, 0.2) is 0 Å². The third kappa shape index (κ3) is 2.58. The Bertz CT molecular complexity index is 321. The summed E-state index contributed by atoms with van der Waals surface area (Å²) in [6, 6.07) is 5.10. The van der Waals surface area contributed by atoms with E-state index in [0.717, 1.165) is 0 Å². The molecule has 2 N–H and O–H groups in total. The third-order valence-corrected chi connectivity index (χ3v) is 2.60. The van der Waals surface area contributed by atoms with Crippen molar-refractivity contribution in [3.63, 3.8) is 0 Å². The van der Waals surface area contributed by atoms with Gasteiger partial charge in [-0.2, -0.15) is 0 Å². The van der Waals surface area contributed by atoms with Crippen molar-refractivity contribution in [2.75, 3.05) is 20.1 Å². The minimum Gasteiger partial charge on any atom is -0.496 e. The number of rotatable bonds is 5. The summed E-state index contributed by atoms with van der Waals surface area (Å²) in [5.74, 6) is 0.842. The second-order valence-corrected chi connectivity index (χ2v) is 3.55.